The van der Waals surface area contributed by atoms with E-state index < -0.39 is 28.6 Å². The van der Waals surface area contributed by atoms with Crippen molar-refractivity contribution >= 4 is 34.7 Å². The van der Waals surface area contributed by atoms with Crippen molar-refractivity contribution in [3.63, 3.8) is 0 Å². The molecule has 5 N–H and O–H groups in total. The molecule has 0 spiro atoms. The van der Waals surface area contributed by atoms with Gasteiger partial charge < -0.3 is 21.5 Å². The summed E-state index contributed by atoms with van der Waals surface area (Å²) in [4.78, 5) is 25.5. The molecule has 0 radical (unpaired) electrons. The molecular weight excluding hydrogens is 487 g/mol. The minimum absolute atomic E-state index is 0.0172. The van der Waals surface area contributed by atoms with Crippen LogP contribution in [0.5, 0.6) is 0 Å². The molecule has 1 amide bonds. The normalized spacial score (nSPS) is 26.2. The summed E-state index contributed by atoms with van der Waals surface area (Å²) in [5, 5.41) is 16.0. The summed E-state index contributed by atoms with van der Waals surface area (Å²) in [5.74, 6) is -3.08. The second-order valence-electron chi connectivity index (χ2n) is 10.4. The minimum Gasteiger partial charge on any atom is -0.393 e. The maximum Gasteiger partial charge on any atom is 0.224 e. The number of nitrogens with one attached hydrogen (secondary N) is 2. The van der Waals surface area contributed by atoms with Gasteiger partial charge in [-0.2, -0.15) is 4.98 Å². The number of fused-ring (bicyclic) bond motifs is 1. The third kappa shape index (κ3) is 5.07. The third-order valence-corrected chi connectivity index (χ3v) is 7.67. The zero-order valence-corrected chi connectivity index (χ0v) is 20.5. The van der Waals surface area contributed by atoms with E-state index in [1.807, 2.05) is 6.92 Å². The Morgan fingerprint density at radius 3 is 2.49 bits per heavy atom. The molecule has 12 heteroatoms. The lowest BCUT2D eigenvalue weighted by Gasteiger charge is -2.35. The fourth-order valence-electron chi connectivity index (χ4n) is 5.39. The highest BCUT2D eigenvalue weighted by Crippen LogP contribution is 2.43. The number of nitrogens with two attached hydrogens (primary N) is 1. The number of nitrogens with zero attached hydrogens (tertiary/aromatic N) is 4. The van der Waals surface area contributed by atoms with Crippen molar-refractivity contribution in [1.82, 2.24) is 19.5 Å². The van der Waals surface area contributed by atoms with Gasteiger partial charge in [0.05, 0.1) is 12.3 Å². The smallest absolute Gasteiger partial charge is 0.224 e. The van der Waals surface area contributed by atoms with Gasteiger partial charge in [0.25, 0.3) is 0 Å². The van der Waals surface area contributed by atoms with Crippen molar-refractivity contribution < 1.29 is 23.1 Å². The number of amides is 1. The summed E-state index contributed by atoms with van der Waals surface area (Å²) < 4.78 is 44.2. The first-order valence-corrected chi connectivity index (χ1v) is 12.5. The highest BCUT2D eigenvalue weighted by molar-refractivity contribution is 5.80. The number of aliphatic hydroxyl groups is 1. The Bertz CT molecular complexity index is 1300. The summed E-state index contributed by atoms with van der Waals surface area (Å²) in [6.07, 6.45) is 6.46. The van der Waals surface area contributed by atoms with Gasteiger partial charge in [-0.3, -0.25) is 9.36 Å². The maximum atomic E-state index is 14.5. The van der Waals surface area contributed by atoms with Gasteiger partial charge in [0, 0.05) is 29.6 Å². The van der Waals surface area contributed by atoms with Crippen LogP contribution < -0.4 is 16.4 Å². The average molecular weight is 518 g/mol. The highest BCUT2D eigenvalue weighted by Gasteiger charge is 2.38. The molecular formula is C25H30F3N7O2. The molecule has 2 aromatic heterocycles. The van der Waals surface area contributed by atoms with E-state index in [0.29, 0.717) is 61.3 Å². The zero-order chi connectivity index (χ0) is 26.3. The number of aromatic nitrogens is 4. The van der Waals surface area contributed by atoms with Crippen LogP contribution in [-0.4, -0.2) is 42.7 Å². The van der Waals surface area contributed by atoms with Crippen molar-refractivity contribution in [2.24, 2.45) is 11.1 Å². The van der Waals surface area contributed by atoms with Gasteiger partial charge in [-0.1, -0.05) is 6.92 Å². The van der Waals surface area contributed by atoms with Gasteiger partial charge in [-0.05, 0) is 51.4 Å². The predicted molar refractivity (Wildman–Crippen MR) is 132 cm³/mol. The lowest BCUT2D eigenvalue weighted by atomic mass is 9.73. The van der Waals surface area contributed by atoms with E-state index >= 15 is 0 Å². The lowest BCUT2D eigenvalue weighted by Crippen LogP contribution is -2.38. The van der Waals surface area contributed by atoms with Crippen LogP contribution in [-0.2, 0) is 4.79 Å². The molecule has 5 rings (SSSR count). The molecule has 2 saturated carbocycles. The zero-order valence-electron chi connectivity index (χ0n) is 20.5. The van der Waals surface area contributed by atoms with Crippen molar-refractivity contribution in [2.75, 3.05) is 10.6 Å². The standard InChI is InChI=1S/C25H30F3N7O2/c1-25(22(29)37)7-5-15(6-8-25)35-21-19(12-30-23(34-21)31-14-3-2-4-16(36)11-14)32-24(35)33-20-17(27)9-13(26)10-18(20)28/h9-10,12,14-16,36H,2-8,11H2,1H3,(H2,29,37)(H,32,33)(H,30,31,34)/t14-,15-,16-,25-/m0/s1. The molecule has 198 valence electrons. The number of carbonyl (C=O) groups is 1. The monoisotopic (exact) mass is 517 g/mol. The Balaban J connectivity index is 1.52. The topological polar surface area (TPSA) is 131 Å². The Hall–Kier alpha value is -3.41. The fourth-order valence-corrected chi connectivity index (χ4v) is 5.39. The van der Waals surface area contributed by atoms with Gasteiger partial charge in [0.1, 0.15) is 17.0 Å². The van der Waals surface area contributed by atoms with E-state index in [9.17, 15) is 23.1 Å². The number of hydrogen-bond acceptors (Lipinski definition) is 7. The number of imidazole rings is 1. The SMILES string of the molecule is C[C@]1(C(N)=O)CC[C@H](n2c(Nc3c(F)cc(F)cc3F)nc3cnc(N[C@H]4CCC[C@H](O)C4)nc32)CC1. The quantitative estimate of drug-likeness (QED) is 0.383. The number of halogens is 3. The van der Waals surface area contributed by atoms with E-state index in [-0.39, 0.29) is 30.0 Å². The predicted octanol–water partition coefficient (Wildman–Crippen LogP) is 4.31. The van der Waals surface area contributed by atoms with Gasteiger partial charge in [0.15, 0.2) is 17.3 Å². The first-order chi connectivity index (χ1) is 17.6. The molecule has 2 fully saturated rings. The molecule has 0 saturated heterocycles. The lowest BCUT2D eigenvalue weighted by molar-refractivity contribution is -0.128. The summed E-state index contributed by atoms with van der Waals surface area (Å²) in [5.41, 5.74) is 5.31. The minimum atomic E-state index is -1.09. The van der Waals surface area contributed by atoms with Gasteiger partial charge in [0.2, 0.25) is 17.8 Å². The fraction of sp³-hybridized carbons (Fsp3) is 0.520. The molecule has 0 unspecified atom stereocenters. The van der Waals surface area contributed by atoms with E-state index in [1.54, 1.807) is 4.57 Å². The Labute approximate surface area is 211 Å². The van der Waals surface area contributed by atoms with Crippen LogP contribution >= 0.6 is 0 Å². The molecule has 9 nitrogen and oxygen atoms in total. The molecule has 2 atom stereocenters. The molecule has 2 heterocycles. The molecule has 2 aliphatic rings. The number of carbonyl (C=O) groups excluding carboxylic acids is 1. The van der Waals surface area contributed by atoms with Crippen molar-refractivity contribution in [3.8, 4) is 0 Å². The Kier molecular flexibility index (Phi) is 6.69. The van der Waals surface area contributed by atoms with Crippen LogP contribution in [0, 0.1) is 22.9 Å². The molecule has 0 bridgehead atoms. The summed E-state index contributed by atoms with van der Waals surface area (Å²) in [6.45, 7) is 1.84. The largest absolute Gasteiger partial charge is 0.393 e. The van der Waals surface area contributed by atoms with E-state index in [0.717, 1.165) is 19.3 Å². The Morgan fingerprint density at radius 2 is 1.84 bits per heavy atom. The van der Waals surface area contributed by atoms with Crippen molar-refractivity contribution in [1.29, 1.82) is 0 Å². The van der Waals surface area contributed by atoms with Crippen LogP contribution in [0.3, 0.4) is 0 Å². The summed E-state index contributed by atoms with van der Waals surface area (Å²) in [7, 11) is 0. The first-order valence-electron chi connectivity index (χ1n) is 12.5. The first kappa shape index (κ1) is 25.2. The van der Waals surface area contributed by atoms with Gasteiger partial charge >= 0.3 is 0 Å². The number of benzene rings is 1. The van der Waals surface area contributed by atoms with E-state index in [2.05, 4.69) is 25.6 Å². The maximum absolute atomic E-state index is 14.5. The molecule has 3 aromatic rings. The number of anilines is 3. The van der Waals surface area contributed by atoms with Gasteiger partial charge in [-0.15, -0.1) is 0 Å². The van der Waals surface area contributed by atoms with Crippen LogP contribution in [0.15, 0.2) is 18.3 Å². The second-order valence-corrected chi connectivity index (χ2v) is 10.4. The van der Waals surface area contributed by atoms with Crippen molar-refractivity contribution in [2.45, 2.75) is 76.5 Å². The number of aliphatic hydroxyl groups excluding tert-OH is 1. The number of primary amides is 1. The van der Waals surface area contributed by atoms with Crippen molar-refractivity contribution in [3.05, 3.63) is 35.8 Å². The molecule has 1 aromatic carbocycles. The van der Waals surface area contributed by atoms with Crippen LogP contribution in [0.1, 0.15) is 64.3 Å². The number of hydrogen-bond donors (Lipinski definition) is 4. The summed E-state index contributed by atoms with van der Waals surface area (Å²) >= 11 is 0. The molecule has 2 aliphatic carbocycles. The average Bonchev–Trinajstić information content (AvgIpc) is 3.19. The van der Waals surface area contributed by atoms with E-state index in [4.69, 9.17) is 5.73 Å². The molecule has 0 aliphatic heterocycles. The molecule has 37 heavy (non-hydrogen) atoms. The number of rotatable bonds is 6. The van der Waals surface area contributed by atoms with Crippen LogP contribution in [0.2, 0.25) is 0 Å². The summed E-state index contributed by atoms with van der Waals surface area (Å²) in [6, 6.07) is 1.02. The van der Waals surface area contributed by atoms with Crippen LogP contribution in [0.4, 0.5) is 30.8 Å². The highest BCUT2D eigenvalue weighted by atomic mass is 19.1. The van der Waals surface area contributed by atoms with Crippen LogP contribution in [0.25, 0.3) is 11.2 Å². The van der Waals surface area contributed by atoms with Gasteiger partial charge in [-0.25, -0.2) is 23.1 Å². The Morgan fingerprint density at radius 1 is 1.14 bits per heavy atom. The third-order valence-electron chi connectivity index (χ3n) is 7.67. The second kappa shape index (κ2) is 9.81. The van der Waals surface area contributed by atoms with E-state index in [1.165, 1.54) is 6.20 Å².